The molecule has 0 unspecified atom stereocenters. The van der Waals surface area contributed by atoms with Crippen LogP contribution in [0.2, 0.25) is 0 Å². The molecule has 11 heteroatoms. The number of aryl methyl sites for hydroxylation is 2. The molecule has 1 atom stereocenters. The fourth-order valence-electron chi connectivity index (χ4n) is 4.74. The Kier molecular flexibility index (Phi) is 10.4. The van der Waals surface area contributed by atoms with Crippen LogP contribution >= 0.6 is 0 Å². The molecule has 1 aliphatic heterocycles. The molecule has 0 aliphatic carbocycles. The van der Waals surface area contributed by atoms with Crippen LogP contribution in [0.5, 0.6) is 0 Å². The molecule has 4 heterocycles. The van der Waals surface area contributed by atoms with Crippen LogP contribution in [0.15, 0.2) is 43.0 Å². The maximum atomic E-state index is 12.1. The first-order chi connectivity index (χ1) is 19.0. The molecule has 4 rings (SSSR count). The first-order valence-electron chi connectivity index (χ1n) is 13.7. The van der Waals surface area contributed by atoms with Gasteiger partial charge in [-0.15, -0.1) is 0 Å². The van der Waals surface area contributed by atoms with E-state index >= 15 is 0 Å². The summed E-state index contributed by atoms with van der Waals surface area (Å²) >= 11 is 0. The number of hydrogen-bond donors (Lipinski definition) is 3. The summed E-state index contributed by atoms with van der Waals surface area (Å²) in [4.78, 5) is 39.0. The first kappa shape index (κ1) is 28.2. The lowest BCUT2D eigenvalue weighted by atomic mass is 10.1. The Labute approximate surface area is 229 Å². The van der Waals surface area contributed by atoms with Crippen LogP contribution < -0.4 is 10.6 Å². The van der Waals surface area contributed by atoms with Crippen molar-refractivity contribution in [2.75, 3.05) is 36.8 Å². The van der Waals surface area contributed by atoms with E-state index in [1.807, 2.05) is 0 Å². The van der Waals surface area contributed by atoms with Crippen LogP contribution in [0.25, 0.3) is 5.82 Å². The minimum Gasteiger partial charge on any atom is -0.480 e. The normalized spacial score (nSPS) is 13.5. The molecule has 0 amide bonds. The van der Waals surface area contributed by atoms with Crippen LogP contribution in [0, 0.1) is 0 Å². The molecule has 0 spiro atoms. The average Bonchev–Trinajstić information content (AvgIpc) is 3.48. The van der Waals surface area contributed by atoms with Crippen molar-refractivity contribution >= 4 is 23.4 Å². The van der Waals surface area contributed by atoms with E-state index in [-0.39, 0.29) is 5.78 Å². The van der Waals surface area contributed by atoms with Gasteiger partial charge in [0.15, 0.2) is 5.82 Å². The Balaban J connectivity index is 1.29. The number of aromatic nitrogens is 5. The maximum Gasteiger partial charge on any atom is 0.326 e. The molecule has 1 aliphatic rings. The van der Waals surface area contributed by atoms with Gasteiger partial charge in [-0.25, -0.2) is 24.4 Å². The fraction of sp³-hybridized carbons (Fsp3) is 0.500. The van der Waals surface area contributed by atoms with E-state index in [1.165, 1.54) is 11.9 Å². The van der Waals surface area contributed by atoms with E-state index in [9.17, 15) is 14.7 Å². The summed E-state index contributed by atoms with van der Waals surface area (Å²) in [5, 5.41) is 20.5. The predicted molar refractivity (Wildman–Crippen MR) is 149 cm³/mol. The van der Waals surface area contributed by atoms with Crippen LogP contribution in [0.4, 0.5) is 11.6 Å². The number of ketones is 1. The monoisotopic (exact) mass is 534 g/mol. The minimum absolute atomic E-state index is 0.170. The second-order valence-corrected chi connectivity index (χ2v) is 9.98. The summed E-state index contributed by atoms with van der Waals surface area (Å²) in [6.45, 7) is 4.77. The molecule has 0 radical (unpaired) electrons. The van der Waals surface area contributed by atoms with Crippen molar-refractivity contribution < 1.29 is 14.7 Å². The summed E-state index contributed by atoms with van der Waals surface area (Å²) < 4.78 is 1.59. The largest absolute Gasteiger partial charge is 0.480 e. The maximum absolute atomic E-state index is 12.1. The van der Waals surface area contributed by atoms with Crippen molar-refractivity contribution in [2.45, 2.75) is 64.3 Å². The summed E-state index contributed by atoms with van der Waals surface area (Å²) in [6, 6.07) is 6.97. The summed E-state index contributed by atoms with van der Waals surface area (Å²) in [5.41, 5.74) is 2.39. The molecule has 3 aromatic heterocycles. The molecule has 39 heavy (non-hydrogen) atoms. The third-order valence-electron chi connectivity index (χ3n) is 6.86. The highest BCUT2D eigenvalue weighted by molar-refractivity contribution is 5.77. The van der Waals surface area contributed by atoms with Crippen molar-refractivity contribution in [1.82, 2.24) is 29.6 Å². The first-order valence-corrected chi connectivity index (χ1v) is 13.7. The Morgan fingerprint density at radius 1 is 1.18 bits per heavy atom. The number of unbranched alkanes of at least 4 members (excludes halogenated alkanes) is 1. The molecule has 3 N–H and O–H groups in total. The number of Topliss-reactive ketones (excluding diaryl/α,β-unsaturated/α-hetero) is 1. The van der Waals surface area contributed by atoms with Gasteiger partial charge in [-0.3, -0.25) is 0 Å². The van der Waals surface area contributed by atoms with Gasteiger partial charge >= 0.3 is 5.97 Å². The topological polar surface area (TPSA) is 138 Å². The number of nitrogens with one attached hydrogen (secondary N) is 2. The van der Waals surface area contributed by atoms with Crippen LogP contribution in [-0.4, -0.2) is 78.7 Å². The molecule has 208 valence electrons. The highest BCUT2D eigenvalue weighted by Gasteiger charge is 2.20. The van der Waals surface area contributed by atoms with Gasteiger partial charge in [-0.1, -0.05) is 6.07 Å². The number of pyridine rings is 1. The number of rotatable bonds is 16. The van der Waals surface area contributed by atoms with E-state index in [0.29, 0.717) is 31.0 Å². The zero-order chi connectivity index (χ0) is 27.5. The Morgan fingerprint density at radius 2 is 2.05 bits per heavy atom. The van der Waals surface area contributed by atoms with Gasteiger partial charge in [0.25, 0.3) is 0 Å². The smallest absolute Gasteiger partial charge is 0.326 e. The van der Waals surface area contributed by atoms with Crippen molar-refractivity contribution in [3.63, 3.8) is 0 Å². The number of aliphatic carboxylic acids is 1. The standard InChI is InChI=1S/C28H38N8O3/c1-21(37)7-5-16-35(15-3-2-9-23-11-10-22-8-4-13-29-27(22)33-23)18-12-24(28(38)39)34-25-19-26(31-20-30-25)36-17-6-14-32-36/h6,10-11,14,17,19-20,24H,2-5,7-9,12-13,15-16,18H2,1H3,(H,29,33)(H,38,39)(H,30,31,34)/t24-/m0/s1. The second kappa shape index (κ2) is 14.3. The SMILES string of the molecule is CC(=O)CCCN(CCCCc1ccc2c(n1)NCCC2)CC[C@H](Nc1cc(-n2cccn2)ncn1)C(=O)O. The molecule has 0 fully saturated rings. The van der Waals surface area contributed by atoms with Crippen molar-refractivity contribution in [2.24, 2.45) is 0 Å². The van der Waals surface area contributed by atoms with Gasteiger partial charge in [0.05, 0.1) is 0 Å². The zero-order valence-electron chi connectivity index (χ0n) is 22.6. The van der Waals surface area contributed by atoms with Crippen molar-refractivity contribution in [1.29, 1.82) is 0 Å². The molecule has 0 saturated carbocycles. The third kappa shape index (κ3) is 8.85. The molecular weight excluding hydrogens is 496 g/mol. The third-order valence-corrected chi connectivity index (χ3v) is 6.86. The van der Waals surface area contributed by atoms with Crippen LogP contribution in [-0.2, 0) is 22.4 Å². The lowest BCUT2D eigenvalue weighted by molar-refractivity contribution is -0.138. The number of nitrogens with zero attached hydrogens (tertiary/aromatic N) is 6. The van der Waals surface area contributed by atoms with Crippen LogP contribution in [0.1, 0.15) is 56.7 Å². The number of carboxylic acid groups (broad SMARTS) is 1. The van der Waals surface area contributed by atoms with Gasteiger partial charge < -0.3 is 25.4 Å². The fourth-order valence-corrected chi connectivity index (χ4v) is 4.74. The lowest BCUT2D eigenvalue weighted by Gasteiger charge is -2.24. The van der Waals surface area contributed by atoms with Crippen LogP contribution in [0.3, 0.4) is 0 Å². The molecule has 0 aromatic carbocycles. The van der Waals surface area contributed by atoms with Gasteiger partial charge in [-0.2, -0.15) is 5.10 Å². The summed E-state index contributed by atoms with van der Waals surface area (Å²) in [5.74, 6) is 1.24. The zero-order valence-corrected chi connectivity index (χ0v) is 22.6. The molecule has 0 bridgehead atoms. The number of fused-ring (bicyclic) bond motifs is 1. The van der Waals surface area contributed by atoms with Gasteiger partial charge in [0.1, 0.15) is 29.8 Å². The number of carbonyl (C=O) groups is 2. The number of carboxylic acids is 1. The molecular formula is C28H38N8O3. The van der Waals surface area contributed by atoms with E-state index in [4.69, 9.17) is 4.98 Å². The number of anilines is 2. The van der Waals surface area contributed by atoms with Crippen molar-refractivity contribution in [3.05, 3.63) is 54.2 Å². The highest BCUT2D eigenvalue weighted by atomic mass is 16.4. The Morgan fingerprint density at radius 3 is 2.85 bits per heavy atom. The van der Waals surface area contributed by atoms with E-state index < -0.39 is 12.0 Å². The summed E-state index contributed by atoms with van der Waals surface area (Å²) in [7, 11) is 0. The van der Waals surface area contributed by atoms with Gasteiger partial charge in [-0.05, 0) is 82.7 Å². The van der Waals surface area contributed by atoms with Gasteiger partial charge in [0, 0.05) is 43.7 Å². The Bertz CT molecular complexity index is 1220. The molecule has 3 aromatic rings. The van der Waals surface area contributed by atoms with Gasteiger partial charge in [0.2, 0.25) is 0 Å². The minimum atomic E-state index is -0.940. The molecule has 11 nitrogen and oxygen atoms in total. The Hall–Kier alpha value is -3.86. The van der Waals surface area contributed by atoms with E-state index in [0.717, 1.165) is 69.7 Å². The van der Waals surface area contributed by atoms with E-state index in [2.05, 4.69) is 42.7 Å². The average molecular weight is 535 g/mol. The molecule has 0 saturated heterocycles. The highest BCUT2D eigenvalue weighted by Crippen LogP contribution is 2.20. The number of carbonyl (C=O) groups excluding carboxylic acids is 1. The number of hydrogen-bond acceptors (Lipinski definition) is 9. The quantitative estimate of drug-likeness (QED) is 0.235. The summed E-state index contributed by atoms with van der Waals surface area (Å²) in [6.07, 6.45) is 11.6. The lowest BCUT2D eigenvalue weighted by Crippen LogP contribution is -2.36. The van der Waals surface area contributed by atoms with E-state index in [1.54, 1.807) is 36.1 Å². The predicted octanol–water partition coefficient (Wildman–Crippen LogP) is 3.36. The van der Waals surface area contributed by atoms with Crippen molar-refractivity contribution in [3.8, 4) is 5.82 Å². The second-order valence-electron chi connectivity index (χ2n) is 9.98.